The number of carbonyl (C=O) groups excluding carboxylic acids is 1. The molecule has 2 amide bonds. The molecule has 0 bridgehead atoms. The number of hydrogen-bond donors (Lipinski definition) is 4. The van der Waals surface area contributed by atoms with Gasteiger partial charge in [-0.05, 0) is 18.9 Å². The monoisotopic (exact) mass is 379 g/mol. The summed E-state index contributed by atoms with van der Waals surface area (Å²) < 4.78 is 0. The zero-order valence-electron chi connectivity index (χ0n) is 16.1. The van der Waals surface area contributed by atoms with E-state index in [2.05, 4.69) is 15.6 Å². The molecule has 0 aliphatic carbocycles. The van der Waals surface area contributed by atoms with Crippen LogP contribution in [0.15, 0.2) is 23.1 Å². The third kappa shape index (κ3) is 13.5. The molecular weight excluding hydrogens is 346 g/mol. The Bertz CT molecular complexity index is 601. The van der Waals surface area contributed by atoms with Crippen molar-refractivity contribution in [3.63, 3.8) is 0 Å². The topological polar surface area (TPSA) is 111 Å². The molecule has 0 unspecified atom stereocenters. The van der Waals surface area contributed by atoms with Gasteiger partial charge in [0.1, 0.15) is 0 Å². The highest BCUT2D eigenvalue weighted by Gasteiger charge is 2.01. The van der Waals surface area contributed by atoms with Crippen LogP contribution in [0.25, 0.3) is 0 Å². The number of aromatic nitrogens is 1. The number of urea groups is 1. The van der Waals surface area contributed by atoms with Crippen LogP contribution in [0.1, 0.15) is 77.0 Å². The van der Waals surface area contributed by atoms with Crippen LogP contribution in [0.4, 0.5) is 10.5 Å². The number of nitrogens with one attached hydrogen (secondary N) is 3. The van der Waals surface area contributed by atoms with Crippen LogP contribution in [-0.4, -0.2) is 28.6 Å². The fraction of sp³-hybridized carbons (Fsp3) is 0.650. The highest BCUT2D eigenvalue weighted by atomic mass is 16.4. The molecule has 0 aliphatic heterocycles. The molecule has 27 heavy (non-hydrogen) atoms. The number of carboxylic acids is 1. The second-order valence-electron chi connectivity index (χ2n) is 6.86. The molecule has 7 nitrogen and oxygen atoms in total. The van der Waals surface area contributed by atoms with Gasteiger partial charge in [-0.2, -0.15) is 0 Å². The van der Waals surface area contributed by atoms with E-state index >= 15 is 0 Å². The van der Waals surface area contributed by atoms with E-state index in [0.29, 0.717) is 18.7 Å². The third-order valence-corrected chi connectivity index (χ3v) is 4.39. The number of carboxylic acid groups (broad SMARTS) is 1. The Hall–Kier alpha value is -2.31. The number of H-pyrrole nitrogens is 1. The zero-order chi connectivity index (χ0) is 19.7. The lowest BCUT2D eigenvalue weighted by molar-refractivity contribution is -0.137. The van der Waals surface area contributed by atoms with Crippen molar-refractivity contribution in [2.24, 2.45) is 0 Å². The Morgan fingerprint density at radius 3 is 2.00 bits per heavy atom. The quantitative estimate of drug-likeness (QED) is 0.341. The summed E-state index contributed by atoms with van der Waals surface area (Å²) in [6.07, 6.45) is 14.1. The second-order valence-corrected chi connectivity index (χ2v) is 6.86. The molecule has 7 heteroatoms. The van der Waals surface area contributed by atoms with E-state index in [0.717, 1.165) is 32.1 Å². The average molecular weight is 380 g/mol. The summed E-state index contributed by atoms with van der Waals surface area (Å²) in [6.45, 7) is 0.630. The lowest BCUT2D eigenvalue weighted by Gasteiger charge is -2.07. The number of aliphatic carboxylic acids is 1. The largest absolute Gasteiger partial charge is 0.481 e. The van der Waals surface area contributed by atoms with E-state index in [9.17, 15) is 14.4 Å². The minimum atomic E-state index is -0.696. The molecule has 1 heterocycles. The molecule has 0 saturated carbocycles. The third-order valence-electron chi connectivity index (χ3n) is 4.39. The van der Waals surface area contributed by atoms with Crippen molar-refractivity contribution in [1.29, 1.82) is 0 Å². The van der Waals surface area contributed by atoms with Crippen LogP contribution in [0.3, 0.4) is 0 Å². The normalized spacial score (nSPS) is 10.5. The van der Waals surface area contributed by atoms with E-state index in [-0.39, 0.29) is 11.6 Å². The summed E-state index contributed by atoms with van der Waals surface area (Å²) in [5, 5.41) is 14.0. The Balaban J connectivity index is 1.84. The molecule has 4 N–H and O–H groups in total. The molecule has 1 aromatic rings. The molecule has 1 rings (SSSR count). The van der Waals surface area contributed by atoms with Crippen LogP contribution in [0.2, 0.25) is 0 Å². The summed E-state index contributed by atoms with van der Waals surface area (Å²) in [5.74, 6) is -0.696. The first-order valence-electron chi connectivity index (χ1n) is 10.0. The lowest BCUT2D eigenvalue weighted by atomic mass is 10.1. The number of pyridine rings is 1. The maximum absolute atomic E-state index is 11.7. The molecule has 0 atom stereocenters. The van der Waals surface area contributed by atoms with Gasteiger partial charge in [0.15, 0.2) is 0 Å². The van der Waals surface area contributed by atoms with Crippen molar-refractivity contribution >= 4 is 17.7 Å². The lowest BCUT2D eigenvalue weighted by Crippen LogP contribution is -2.29. The van der Waals surface area contributed by atoms with Gasteiger partial charge in [0.2, 0.25) is 5.56 Å². The van der Waals surface area contributed by atoms with E-state index < -0.39 is 5.97 Å². The average Bonchev–Trinajstić information content (AvgIpc) is 2.61. The van der Waals surface area contributed by atoms with Gasteiger partial charge in [-0.15, -0.1) is 0 Å². The summed E-state index contributed by atoms with van der Waals surface area (Å²) in [4.78, 5) is 35.7. The first-order chi connectivity index (χ1) is 13.1. The van der Waals surface area contributed by atoms with E-state index in [1.165, 1.54) is 50.8 Å². The van der Waals surface area contributed by atoms with Crippen molar-refractivity contribution in [3.8, 4) is 0 Å². The standard InChI is InChI=1S/C20H33N3O4/c24-18-16-17(13-15-21-18)23-20(27)22-14-11-9-7-5-3-1-2-4-6-8-10-12-19(25)26/h13,15-16H,1-12,14H2,(H,25,26)(H3,21,22,23,24,27). The Labute approximate surface area is 161 Å². The summed E-state index contributed by atoms with van der Waals surface area (Å²) in [6, 6.07) is 2.69. The van der Waals surface area contributed by atoms with Gasteiger partial charge in [0.25, 0.3) is 0 Å². The SMILES string of the molecule is O=C(O)CCCCCCCCCCCCCNC(=O)Nc1cc[nH]c(=O)c1. The smallest absolute Gasteiger partial charge is 0.319 e. The van der Waals surface area contributed by atoms with Crippen molar-refractivity contribution in [2.75, 3.05) is 11.9 Å². The number of rotatable bonds is 15. The number of aromatic amines is 1. The van der Waals surface area contributed by atoms with Crippen LogP contribution in [-0.2, 0) is 4.79 Å². The van der Waals surface area contributed by atoms with Gasteiger partial charge in [-0.25, -0.2) is 4.79 Å². The molecule has 0 spiro atoms. The van der Waals surface area contributed by atoms with Crippen molar-refractivity contribution in [2.45, 2.75) is 77.0 Å². The number of carbonyl (C=O) groups is 2. The van der Waals surface area contributed by atoms with Crippen LogP contribution in [0, 0.1) is 0 Å². The maximum atomic E-state index is 11.7. The number of amides is 2. The number of hydrogen-bond acceptors (Lipinski definition) is 3. The van der Waals surface area contributed by atoms with Gasteiger partial charge < -0.3 is 20.7 Å². The van der Waals surface area contributed by atoms with Gasteiger partial charge in [-0.3, -0.25) is 9.59 Å². The highest BCUT2D eigenvalue weighted by Crippen LogP contribution is 2.11. The Morgan fingerprint density at radius 2 is 1.44 bits per heavy atom. The number of unbranched alkanes of at least 4 members (excludes halogenated alkanes) is 10. The molecule has 0 radical (unpaired) electrons. The van der Waals surface area contributed by atoms with Crippen LogP contribution < -0.4 is 16.2 Å². The first kappa shape index (κ1) is 22.7. The summed E-state index contributed by atoms with van der Waals surface area (Å²) >= 11 is 0. The minimum Gasteiger partial charge on any atom is -0.481 e. The molecular formula is C20H33N3O4. The molecule has 0 saturated heterocycles. The zero-order valence-corrected chi connectivity index (χ0v) is 16.1. The molecule has 0 aliphatic rings. The molecule has 152 valence electrons. The van der Waals surface area contributed by atoms with Crippen molar-refractivity contribution < 1.29 is 14.7 Å². The van der Waals surface area contributed by atoms with Gasteiger partial charge in [0, 0.05) is 30.9 Å². The fourth-order valence-corrected chi connectivity index (χ4v) is 2.89. The Morgan fingerprint density at radius 1 is 0.889 bits per heavy atom. The predicted octanol–water partition coefficient (Wildman–Crippen LogP) is 4.26. The van der Waals surface area contributed by atoms with Crippen LogP contribution in [0.5, 0.6) is 0 Å². The second kappa shape index (κ2) is 14.8. The highest BCUT2D eigenvalue weighted by molar-refractivity contribution is 5.88. The predicted molar refractivity (Wildman–Crippen MR) is 107 cm³/mol. The van der Waals surface area contributed by atoms with E-state index in [1.54, 1.807) is 6.07 Å². The molecule has 0 aromatic carbocycles. The summed E-state index contributed by atoms with van der Waals surface area (Å²) in [5.41, 5.74) is 0.240. The van der Waals surface area contributed by atoms with Crippen molar-refractivity contribution in [1.82, 2.24) is 10.3 Å². The van der Waals surface area contributed by atoms with E-state index in [1.807, 2.05) is 0 Å². The minimum absolute atomic E-state index is 0.244. The van der Waals surface area contributed by atoms with Gasteiger partial charge in [0.05, 0.1) is 0 Å². The Kier molecular flexibility index (Phi) is 12.5. The fourth-order valence-electron chi connectivity index (χ4n) is 2.89. The van der Waals surface area contributed by atoms with E-state index in [4.69, 9.17) is 5.11 Å². The molecule has 1 aromatic heterocycles. The molecule has 0 fully saturated rings. The van der Waals surface area contributed by atoms with Gasteiger partial charge in [-0.1, -0.05) is 57.8 Å². The van der Waals surface area contributed by atoms with Crippen LogP contribution >= 0.6 is 0 Å². The maximum Gasteiger partial charge on any atom is 0.319 e. The number of anilines is 1. The first-order valence-corrected chi connectivity index (χ1v) is 10.0. The van der Waals surface area contributed by atoms with Gasteiger partial charge >= 0.3 is 12.0 Å². The van der Waals surface area contributed by atoms with Crippen molar-refractivity contribution in [3.05, 3.63) is 28.7 Å². The summed E-state index contributed by atoms with van der Waals surface area (Å²) in [7, 11) is 0.